The Morgan fingerprint density at radius 2 is 2.05 bits per heavy atom. The molecule has 19 heavy (non-hydrogen) atoms. The summed E-state index contributed by atoms with van der Waals surface area (Å²) in [4.78, 5) is 0. The largest absolute Gasteiger partial charge is 0.361 e. The fourth-order valence-corrected chi connectivity index (χ4v) is 3.34. The summed E-state index contributed by atoms with van der Waals surface area (Å²) < 4.78 is 21.8. The molecule has 0 aliphatic heterocycles. The van der Waals surface area contributed by atoms with Gasteiger partial charge in [0.1, 0.15) is 12.5 Å². The Kier molecular flexibility index (Phi) is 4.48. The standard InChI is InChI=1S/C14H19BrFNOSi/c1-19(2,3)7-6-18-10-17-5-4-11-8-12(16)9-13(15)14(11)17/h4-5,8-9H,6-7,10H2,1-3H3. The monoisotopic (exact) mass is 343 g/mol. The van der Waals surface area contributed by atoms with Gasteiger partial charge < -0.3 is 9.30 Å². The van der Waals surface area contributed by atoms with E-state index in [4.69, 9.17) is 4.74 Å². The van der Waals surface area contributed by atoms with Crippen LogP contribution in [0.2, 0.25) is 25.7 Å². The van der Waals surface area contributed by atoms with Gasteiger partial charge >= 0.3 is 0 Å². The maximum Gasteiger partial charge on any atom is 0.125 e. The van der Waals surface area contributed by atoms with E-state index in [-0.39, 0.29) is 5.82 Å². The second-order valence-electron chi connectivity index (χ2n) is 5.96. The summed E-state index contributed by atoms with van der Waals surface area (Å²) in [6.45, 7) is 8.30. The fourth-order valence-electron chi connectivity index (χ4n) is 1.91. The van der Waals surface area contributed by atoms with Crippen LogP contribution in [0.1, 0.15) is 0 Å². The lowest BCUT2D eigenvalue weighted by molar-refractivity contribution is 0.0902. The quantitative estimate of drug-likeness (QED) is 0.558. The molecule has 5 heteroatoms. The van der Waals surface area contributed by atoms with E-state index in [1.807, 2.05) is 16.8 Å². The van der Waals surface area contributed by atoms with Crippen molar-refractivity contribution in [3.63, 3.8) is 0 Å². The van der Waals surface area contributed by atoms with Gasteiger partial charge in [0.25, 0.3) is 0 Å². The summed E-state index contributed by atoms with van der Waals surface area (Å²) in [5.41, 5.74) is 0.981. The normalized spacial score (nSPS) is 12.3. The van der Waals surface area contributed by atoms with Crippen molar-refractivity contribution < 1.29 is 9.13 Å². The molecule has 1 aromatic carbocycles. The van der Waals surface area contributed by atoms with Crippen LogP contribution >= 0.6 is 15.9 Å². The van der Waals surface area contributed by atoms with Gasteiger partial charge in [-0.1, -0.05) is 19.6 Å². The Hall–Kier alpha value is -0.653. The van der Waals surface area contributed by atoms with Crippen LogP contribution in [-0.4, -0.2) is 19.2 Å². The lowest BCUT2D eigenvalue weighted by Crippen LogP contribution is -2.21. The van der Waals surface area contributed by atoms with E-state index in [2.05, 4.69) is 35.6 Å². The lowest BCUT2D eigenvalue weighted by Gasteiger charge is -2.16. The minimum absolute atomic E-state index is 0.225. The van der Waals surface area contributed by atoms with Gasteiger partial charge in [-0.15, -0.1) is 0 Å². The average molecular weight is 344 g/mol. The molecule has 0 unspecified atom stereocenters. The fraction of sp³-hybridized carbons (Fsp3) is 0.429. The molecule has 0 saturated heterocycles. The van der Waals surface area contributed by atoms with Crippen LogP contribution in [-0.2, 0) is 11.5 Å². The summed E-state index contributed by atoms with van der Waals surface area (Å²) in [5, 5.41) is 0.890. The molecule has 0 N–H and O–H groups in total. The van der Waals surface area contributed by atoms with Crippen LogP contribution in [0.5, 0.6) is 0 Å². The van der Waals surface area contributed by atoms with Crippen LogP contribution in [0.3, 0.4) is 0 Å². The van der Waals surface area contributed by atoms with Crippen molar-refractivity contribution in [3.8, 4) is 0 Å². The summed E-state index contributed by atoms with van der Waals surface area (Å²) in [7, 11) is -1.04. The third-order valence-electron chi connectivity index (χ3n) is 3.01. The van der Waals surface area contributed by atoms with Gasteiger partial charge in [-0.25, -0.2) is 4.39 Å². The molecule has 0 radical (unpaired) electrons. The molecule has 0 aliphatic rings. The third-order valence-corrected chi connectivity index (χ3v) is 5.31. The molecule has 2 nitrogen and oxygen atoms in total. The molecule has 2 aromatic rings. The minimum atomic E-state index is -1.04. The summed E-state index contributed by atoms with van der Waals surface area (Å²) in [5.74, 6) is -0.225. The Balaban J connectivity index is 2.06. The predicted molar refractivity (Wildman–Crippen MR) is 83.7 cm³/mol. The molecule has 0 saturated carbocycles. The highest BCUT2D eigenvalue weighted by Crippen LogP contribution is 2.26. The van der Waals surface area contributed by atoms with E-state index in [1.54, 1.807) is 6.07 Å². The number of benzene rings is 1. The zero-order chi connectivity index (χ0) is 14.0. The highest BCUT2D eigenvalue weighted by Gasteiger charge is 2.12. The molecule has 0 amide bonds. The van der Waals surface area contributed by atoms with Crippen LogP contribution in [0, 0.1) is 5.82 Å². The van der Waals surface area contributed by atoms with Crippen molar-refractivity contribution in [3.05, 3.63) is 34.7 Å². The van der Waals surface area contributed by atoms with Gasteiger partial charge in [0.05, 0.1) is 5.52 Å². The summed E-state index contributed by atoms with van der Waals surface area (Å²) >= 11 is 3.41. The van der Waals surface area contributed by atoms with Crippen molar-refractivity contribution in [2.75, 3.05) is 6.61 Å². The Morgan fingerprint density at radius 3 is 2.74 bits per heavy atom. The second-order valence-corrected chi connectivity index (χ2v) is 12.4. The molecule has 1 heterocycles. The van der Waals surface area contributed by atoms with Crippen LogP contribution in [0.4, 0.5) is 4.39 Å². The third kappa shape index (κ3) is 3.90. The SMILES string of the molecule is C[Si](C)(C)CCOCn1ccc2cc(F)cc(Br)c21. The van der Waals surface area contributed by atoms with Gasteiger partial charge in [0.15, 0.2) is 0 Å². The van der Waals surface area contributed by atoms with Gasteiger partial charge in [-0.3, -0.25) is 0 Å². The number of aromatic nitrogens is 1. The predicted octanol–water partition coefficient (Wildman–Crippen LogP) is 4.86. The van der Waals surface area contributed by atoms with Gasteiger partial charge in [0.2, 0.25) is 0 Å². The number of ether oxygens (including phenoxy) is 1. The Labute approximate surface area is 122 Å². The molecule has 0 fully saturated rings. The van der Waals surface area contributed by atoms with Crippen LogP contribution in [0.25, 0.3) is 10.9 Å². The Morgan fingerprint density at radius 1 is 1.32 bits per heavy atom. The maximum atomic E-state index is 13.3. The molecular formula is C14H19BrFNOSi. The highest BCUT2D eigenvalue weighted by atomic mass is 79.9. The van der Waals surface area contributed by atoms with Gasteiger partial charge in [-0.05, 0) is 40.2 Å². The van der Waals surface area contributed by atoms with E-state index < -0.39 is 8.07 Å². The van der Waals surface area contributed by atoms with Crippen molar-refractivity contribution >= 4 is 34.9 Å². The molecular weight excluding hydrogens is 325 g/mol. The van der Waals surface area contributed by atoms with Crippen LogP contribution in [0.15, 0.2) is 28.9 Å². The minimum Gasteiger partial charge on any atom is -0.361 e. The second kappa shape index (κ2) is 5.77. The molecule has 0 spiro atoms. The van der Waals surface area contributed by atoms with Crippen molar-refractivity contribution in [1.29, 1.82) is 0 Å². The first-order chi connectivity index (χ1) is 8.87. The van der Waals surface area contributed by atoms with Gasteiger partial charge in [0, 0.05) is 30.7 Å². The van der Waals surface area contributed by atoms with E-state index in [9.17, 15) is 4.39 Å². The topological polar surface area (TPSA) is 14.2 Å². The first-order valence-corrected chi connectivity index (χ1v) is 10.9. The molecule has 0 atom stereocenters. The number of halogens is 2. The van der Waals surface area contributed by atoms with Gasteiger partial charge in [-0.2, -0.15) is 0 Å². The Bertz CT molecular complexity index is 577. The highest BCUT2D eigenvalue weighted by molar-refractivity contribution is 9.10. The number of nitrogens with zero attached hydrogens (tertiary/aromatic N) is 1. The molecule has 104 valence electrons. The number of hydrogen-bond donors (Lipinski definition) is 0. The summed E-state index contributed by atoms with van der Waals surface area (Å²) in [6, 6.07) is 6.09. The molecule has 2 rings (SSSR count). The van der Waals surface area contributed by atoms with E-state index in [0.717, 1.165) is 28.0 Å². The van der Waals surface area contributed by atoms with E-state index >= 15 is 0 Å². The lowest BCUT2D eigenvalue weighted by atomic mass is 10.2. The number of hydrogen-bond acceptors (Lipinski definition) is 1. The van der Waals surface area contributed by atoms with E-state index in [1.165, 1.54) is 6.07 Å². The van der Waals surface area contributed by atoms with Crippen LogP contribution < -0.4 is 0 Å². The zero-order valence-corrected chi connectivity index (χ0v) is 14.1. The first kappa shape index (κ1) is 14.7. The molecule has 0 bridgehead atoms. The average Bonchev–Trinajstić information content (AvgIpc) is 2.66. The summed E-state index contributed by atoms with van der Waals surface area (Å²) in [6.07, 6.45) is 1.93. The van der Waals surface area contributed by atoms with Crippen molar-refractivity contribution in [2.24, 2.45) is 0 Å². The van der Waals surface area contributed by atoms with Crippen molar-refractivity contribution in [1.82, 2.24) is 4.57 Å². The van der Waals surface area contributed by atoms with E-state index in [0.29, 0.717) is 6.73 Å². The zero-order valence-electron chi connectivity index (χ0n) is 11.5. The first-order valence-electron chi connectivity index (χ1n) is 6.38. The maximum absolute atomic E-state index is 13.3. The number of fused-ring (bicyclic) bond motifs is 1. The van der Waals surface area contributed by atoms with Crippen molar-refractivity contribution in [2.45, 2.75) is 32.4 Å². The number of rotatable bonds is 5. The smallest absolute Gasteiger partial charge is 0.125 e. The molecule has 0 aliphatic carbocycles. The molecule has 1 aromatic heterocycles.